The van der Waals surface area contributed by atoms with Crippen LogP contribution in [-0.4, -0.2) is 24.5 Å². The second-order valence-corrected chi connectivity index (χ2v) is 5.06. The number of hydrogen-bond acceptors (Lipinski definition) is 1. The van der Waals surface area contributed by atoms with Gasteiger partial charge in [-0.3, -0.25) is 0 Å². The van der Waals surface area contributed by atoms with Crippen LogP contribution in [0.5, 0.6) is 0 Å². The lowest BCUT2D eigenvalue weighted by Crippen LogP contribution is -2.33. The molecule has 1 fully saturated rings. The molecule has 106 valence electrons. The zero-order valence-corrected chi connectivity index (χ0v) is 13.6. The molecule has 1 rings (SSSR count). The number of likely N-dealkylation sites (tertiary alicyclic amines) is 1. The summed E-state index contributed by atoms with van der Waals surface area (Å²) in [5.41, 5.74) is 0. The summed E-state index contributed by atoms with van der Waals surface area (Å²) in [6.07, 6.45) is 5.63. The summed E-state index contributed by atoms with van der Waals surface area (Å²) in [6.45, 7) is 19.0. The summed E-state index contributed by atoms with van der Waals surface area (Å²) in [5, 5.41) is 0. The maximum Gasteiger partial charge on any atom is -0.00162 e. The van der Waals surface area contributed by atoms with Crippen molar-refractivity contribution < 1.29 is 0 Å². The van der Waals surface area contributed by atoms with Gasteiger partial charge in [-0.25, -0.2) is 0 Å². The van der Waals surface area contributed by atoms with Gasteiger partial charge in [0.05, 0.1) is 0 Å². The molecule has 0 aromatic carbocycles. The van der Waals surface area contributed by atoms with E-state index in [1.807, 2.05) is 27.7 Å². The van der Waals surface area contributed by atoms with Crippen molar-refractivity contribution in [2.45, 2.75) is 74.1 Å². The minimum Gasteiger partial charge on any atom is -0.303 e. The van der Waals surface area contributed by atoms with E-state index < -0.39 is 0 Å². The maximum atomic E-state index is 2.64. The molecule has 1 heteroatoms. The third kappa shape index (κ3) is 12.2. The Morgan fingerprint density at radius 1 is 1.00 bits per heavy atom. The highest BCUT2D eigenvalue weighted by molar-refractivity contribution is 4.69. The Hall–Kier alpha value is -0.0400. The van der Waals surface area contributed by atoms with Crippen molar-refractivity contribution in [3.63, 3.8) is 0 Å². The zero-order chi connectivity index (χ0) is 13.7. The van der Waals surface area contributed by atoms with E-state index in [9.17, 15) is 0 Å². The predicted molar refractivity (Wildman–Crippen MR) is 81.6 cm³/mol. The molecule has 0 N–H and O–H groups in total. The summed E-state index contributed by atoms with van der Waals surface area (Å²) < 4.78 is 0. The van der Waals surface area contributed by atoms with Crippen LogP contribution >= 0.6 is 0 Å². The predicted octanol–water partition coefficient (Wildman–Crippen LogP) is 5.21. The smallest absolute Gasteiger partial charge is 0.00162 e. The molecule has 1 nitrogen and oxygen atoms in total. The van der Waals surface area contributed by atoms with Crippen molar-refractivity contribution in [3.8, 4) is 0 Å². The van der Waals surface area contributed by atoms with Gasteiger partial charge in [0, 0.05) is 0 Å². The van der Waals surface area contributed by atoms with Crippen LogP contribution in [0.2, 0.25) is 0 Å². The van der Waals surface area contributed by atoms with Gasteiger partial charge in [0.15, 0.2) is 0 Å². The van der Waals surface area contributed by atoms with Gasteiger partial charge >= 0.3 is 0 Å². The van der Waals surface area contributed by atoms with Crippen molar-refractivity contribution in [2.75, 3.05) is 19.6 Å². The molecular formula is C16H37N. The Labute approximate surface area is 111 Å². The molecule has 1 aliphatic rings. The quantitative estimate of drug-likeness (QED) is 0.655. The molecule has 0 unspecified atom stereocenters. The van der Waals surface area contributed by atoms with Gasteiger partial charge in [0.1, 0.15) is 0 Å². The fourth-order valence-corrected chi connectivity index (χ4v) is 2.01. The molecule has 1 saturated heterocycles. The lowest BCUT2D eigenvalue weighted by Gasteiger charge is -2.30. The number of nitrogens with zero attached hydrogens (tertiary/aromatic N) is 1. The maximum absolute atomic E-state index is 2.64. The van der Waals surface area contributed by atoms with Crippen LogP contribution in [0.3, 0.4) is 0 Å². The summed E-state index contributed by atoms with van der Waals surface area (Å²) in [6, 6.07) is 0. The van der Waals surface area contributed by atoms with Gasteiger partial charge in [-0.15, -0.1) is 0 Å². The first-order chi connectivity index (χ1) is 8.18. The highest BCUT2D eigenvalue weighted by Crippen LogP contribution is 2.16. The topological polar surface area (TPSA) is 3.24 Å². The van der Waals surface area contributed by atoms with Crippen LogP contribution in [-0.2, 0) is 0 Å². The van der Waals surface area contributed by atoms with Crippen LogP contribution in [0.1, 0.15) is 74.1 Å². The molecule has 0 aromatic heterocycles. The van der Waals surface area contributed by atoms with E-state index in [1.165, 1.54) is 45.3 Å². The fraction of sp³-hybridized carbons (Fsp3) is 1.00. The number of piperidine rings is 1. The SMILES string of the molecule is CC.CC.CC(C)CCCN1CCC(C)CC1. The molecule has 0 aliphatic carbocycles. The standard InChI is InChI=1S/C12H25N.2C2H6/c1-11(2)5-4-8-13-9-6-12(3)7-10-13;2*1-2/h11-12H,4-10H2,1-3H3;2*1-2H3. The molecule has 0 saturated carbocycles. The molecule has 0 amide bonds. The van der Waals surface area contributed by atoms with E-state index in [0.717, 1.165) is 11.8 Å². The lowest BCUT2D eigenvalue weighted by molar-refractivity contribution is 0.187. The van der Waals surface area contributed by atoms with Crippen LogP contribution in [0.25, 0.3) is 0 Å². The molecular weight excluding hydrogens is 206 g/mol. The largest absolute Gasteiger partial charge is 0.303 e. The number of hydrogen-bond donors (Lipinski definition) is 0. The van der Waals surface area contributed by atoms with Crippen molar-refractivity contribution in [1.29, 1.82) is 0 Å². The average molecular weight is 243 g/mol. The summed E-state index contributed by atoms with van der Waals surface area (Å²) in [5.74, 6) is 1.85. The van der Waals surface area contributed by atoms with Crippen LogP contribution in [0.4, 0.5) is 0 Å². The Morgan fingerprint density at radius 2 is 1.47 bits per heavy atom. The zero-order valence-electron chi connectivity index (χ0n) is 13.6. The first kappa shape index (κ1) is 19.3. The van der Waals surface area contributed by atoms with Crippen LogP contribution in [0, 0.1) is 11.8 Å². The third-order valence-electron chi connectivity index (χ3n) is 3.13. The second kappa shape index (κ2) is 14.0. The fourth-order valence-electron chi connectivity index (χ4n) is 2.01. The average Bonchev–Trinajstić information content (AvgIpc) is 2.36. The van der Waals surface area contributed by atoms with E-state index in [2.05, 4.69) is 25.7 Å². The van der Waals surface area contributed by atoms with Crippen molar-refractivity contribution in [1.82, 2.24) is 4.90 Å². The summed E-state index contributed by atoms with van der Waals surface area (Å²) in [4.78, 5) is 2.64. The minimum absolute atomic E-state index is 0.878. The van der Waals surface area contributed by atoms with E-state index in [4.69, 9.17) is 0 Å². The first-order valence-electron chi connectivity index (χ1n) is 7.91. The highest BCUT2D eigenvalue weighted by Gasteiger charge is 2.14. The summed E-state index contributed by atoms with van der Waals surface area (Å²) in [7, 11) is 0. The van der Waals surface area contributed by atoms with Crippen molar-refractivity contribution >= 4 is 0 Å². The molecule has 17 heavy (non-hydrogen) atoms. The molecule has 0 atom stereocenters. The first-order valence-corrected chi connectivity index (χ1v) is 7.91. The Balaban J connectivity index is 0. The van der Waals surface area contributed by atoms with Gasteiger partial charge < -0.3 is 4.90 Å². The number of rotatable bonds is 4. The Morgan fingerprint density at radius 3 is 1.88 bits per heavy atom. The van der Waals surface area contributed by atoms with Gasteiger partial charge in [-0.05, 0) is 57.2 Å². The molecule has 0 aromatic rings. The highest BCUT2D eigenvalue weighted by atomic mass is 15.1. The second-order valence-electron chi connectivity index (χ2n) is 5.06. The van der Waals surface area contributed by atoms with Crippen LogP contribution in [0.15, 0.2) is 0 Å². The van der Waals surface area contributed by atoms with E-state index in [0.29, 0.717) is 0 Å². The van der Waals surface area contributed by atoms with Gasteiger partial charge in [-0.1, -0.05) is 48.5 Å². The van der Waals surface area contributed by atoms with E-state index in [1.54, 1.807) is 0 Å². The minimum atomic E-state index is 0.878. The molecule has 1 heterocycles. The van der Waals surface area contributed by atoms with Crippen molar-refractivity contribution in [2.24, 2.45) is 11.8 Å². The van der Waals surface area contributed by atoms with E-state index >= 15 is 0 Å². The van der Waals surface area contributed by atoms with Gasteiger partial charge in [-0.2, -0.15) is 0 Å². The van der Waals surface area contributed by atoms with E-state index in [-0.39, 0.29) is 0 Å². The van der Waals surface area contributed by atoms with Gasteiger partial charge in [0.2, 0.25) is 0 Å². The van der Waals surface area contributed by atoms with Gasteiger partial charge in [0.25, 0.3) is 0 Å². The third-order valence-corrected chi connectivity index (χ3v) is 3.13. The Kier molecular flexibility index (Phi) is 15.9. The van der Waals surface area contributed by atoms with Crippen molar-refractivity contribution in [3.05, 3.63) is 0 Å². The summed E-state index contributed by atoms with van der Waals surface area (Å²) >= 11 is 0. The normalized spacial score (nSPS) is 16.9. The lowest BCUT2D eigenvalue weighted by atomic mass is 9.99. The monoisotopic (exact) mass is 243 g/mol. The van der Waals surface area contributed by atoms with Crippen LogP contribution < -0.4 is 0 Å². The molecule has 0 bridgehead atoms. The molecule has 1 aliphatic heterocycles. The Bertz CT molecular complexity index is 123. The molecule has 0 spiro atoms. The molecule has 0 radical (unpaired) electrons.